The summed E-state index contributed by atoms with van der Waals surface area (Å²) in [7, 11) is 1.70. The molecule has 0 amide bonds. The Labute approximate surface area is 228 Å². The summed E-state index contributed by atoms with van der Waals surface area (Å²) in [6.45, 7) is 2.13. The highest BCUT2D eigenvalue weighted by molar-refractivity contribution is 6.17. The molecule has 0 radical (unpaired) electrons. The van der Waals surface area contributed by atoms with Crippen LogP contribution in [-0.4, -0.2) is 11.7 Å². The molecule has 0 unspecified atom stereocenters. The zero-order chi connectivity index (χ0) is 26.3. The lowest BCUT2D eigenvalue weighted by Gasteiger charge is -2.27. The minimum absolute atomic E-state index is 0.841. The molecule has 39 heavy (non-hydrogen) atoms. The lowest BCUT2D eigenvalue weighted by Crippen LogP contribution is -2.10. The van der Waals surface area contributed by atoms with Crippen LogP contribution in [0.25, 0.3) is 38.3 Å². The molecule has 0 aliphatic heterocycles. The van der Waals surface area contributed by atoms with Crippen LogP contribution in [0, 0.1) is 6.92 Å². The second kappa shape index (κ2) is 9.38. The summed E-state index contributed by atoms with van der Waals surface area (Å²) in [5.74, 6) is 0.841. The first kappa shape index (κ1) is 23.1. The van der Waals surface area contributed by atoms with Crippen molar-refractivity contribution < 1.29 is 4.74 Å². The summed E-state index contributed by atoms with van der Waals surface area (Å²) >= 11 is 0. The molecular weight excluding hydrogens is 476 g/mol. The Hall–Kier alpha value is -5.02. The van der Waals surface area contributed by atoms with E-state index in [1.54, 1.807) is 7.11 Å². The minimum Gasteiger partial charge on any atom is -0.497 e. The number of hydrogen-bond donors (Lipinski definition) is 0. The van der Waals surface area contributed by atoms with Crippen molar-refractivity contribution in [2.45, 2.75) is 6.92 Å². The molecule has 188 valence electrons. The lowest BCUT2D eigenvalue weighted by atomic mass is 10.1. The summed E-state index contributed by atoms with van der Waals surface area (Å²) in [5, 5.41) is 4.91. The van der Waals surface area contributed by atoms with Crippen molar-refractivity contribution in [3.63, 3.8) is 0 Å². The van der Waals surface area contributed by atoms with Gasteiger partial charge in [-0.2, -0.15) is 0 Å². The molecule has 0 atom stereocenters. The van der Waals surface area contributed by atoms with E-state index in [2.05, 4.69) is 138 Å². The van der Waals surface area contributed by atoms with Gasteiger partial charge < -0.3 is 14.2 Å². The average molecular weight is 505 g/mol. The smallest absolute Gasteiger partial charge is 0.119 e. The third-order valence-electron chi connectivity index (χ3n) is 7.55. The first-order valence-corrected chi connectivity index (χ1v) is 13.2. The minimum atomic E-state index is 0.841. The fraction of sp³-hybridized carbons (Fsp3) is 0.0556. The molecule has 1 heterocycles. The number of methoxy groups -OCH3 is 1. The molecule has 0 saturated carbocycles. The van der Waals surface area contributed by atoms with E-state index < -0.39 is 0 Å². The van der Waals surface area contributed by atoms with Crippen LogP contribution >= 0.6 is 0 Å². The van der Waals surface area contributed by atoms with E-state index in [9.17, 15) is 0 Å². The number of ether oxygens (including phenoxy) is 1. The molecular formula is C36H28N2O. The Morgan fingerprint density at radius 3 is 1.95 bits per heavy atom. The van der Waals surface area contributed by atoms with E-state index in [0.717, 1.165) is 22.8 Å². The fourth-order valence-electron chi connectivity index (χ4n) is 5.70. The molecule has 7 aromatic rings. The number of fused-ring (bicyclic) bond motifs is 4. The number of rotatable bonds is 5. The van der Waals surface area contributed by atoms with Gasteiger partial charge in [-0.25, -0.2) is 0 Å². The molecule has 0 aliphatic carbocycles. The molecule has 0 N–H and O–H groups in total. The molecule has 0 spiro atoms. The largest absolute Gasteiger partial charge is 0.497 e. The first-order chi connectivity index (χ1) is 19.2. The Kier molecular flexibility index (Phi) is 5.56. The number of anilines is 3. The third-order valence-corrected chi connectivity index (χ3v) is 7.55. The van der Waals surface area contributed by atoms with Gasteiger partial charge in [0, 0.05) is 27.5 Å². The summed E-state index contributed by atoms with van der Waals surface area (Å²) in [5.41, 5.74) is 8.11. The summed E-state index contributed by atoms with van der Waals surface area (Å²) in [6.07, 6.45) is 0. The van der Waals surface area contributed by atoms with Gasteiger partial charge in [0.15, 0.2) is 0 Å². The highest BCUT2D eigenvalue weighted by atomic mass is 16.5. The van der Waals surface area contributed by atoms with Crippen molar-refractivity contribution in [3.05, 3.63) is 139 Å². The van der Waals surface area contributed by atoms with Gasteiger partial charge in [-0.05, 0) is 73.0 Å². The van der Waals surface area contributed by atoms with Gasteiger partial charge in [0.25, 0.3) is 0 Å². The van der Waals surface area contributed by atoms with Gasteiger partial charge in [0.05, 0.1) is 29.5 Å². The Bertz CT molecular complexity index is 1940. The van der Waals surface area contributed by atoms with Crippen molar-refractivity contribution in [1.82, 2.24) is 4.57 Å². The molecule has 0 saturated heterocycles. The Balaban J connectivity index is 1.56. The van der Waals surface area contributed by atoms with Gasteiger partial charge in [0.1, 0.15) is 5.75 Å². The highest BCUT2D eigenvalue weighted by Crippen LogP contribution is 2.44. The van der Waals surface area contributed by atoms with Gasteiger partial charge in [-0.3, -0.25) is 0 Å². The van der Waals surface area contributed by atoms with Crippen LogP contribution < -0.4 is 9.64 Å². The molecule has 1 aromatic heterocycles. The third kappa shape index (κ3) is 3.82. The highest BCUT2D eigenvalue weighted by Gasteiger charge is 2.21. The molecule has 3 heteroatoms. The predicted octanol–water partition coefficient (Wildman–Crippen LogP) is 9.72. The average Bonchev–Trinajstić information content (AvgIpc) is 3.33. The van der Waals surface area contributed by atoms with Crippen LogP contribution in [0.2, 0.25) is 0 Å². The zero-order valence-electron chi connectivity index (χ0n) is 22.0. The number of aromatic nitrogens is 1. The van der Waals surface area contributed by atoms with Crippen molar-refractivity contribution in [2.24, 2.45) is 0 Å². The molecule has 0 fully saturated rings. The van der Waals surface area contributed by atoms with E-state index in [0.29, 0.717) is 0 Å². The second-order valence-electron chi connectivity index (χ2n) is 9.89. The van der Waals surface area contributed by atoms with Crippen molar-refractivity contribution in [3.8, 4) is 11.4 Å². The van der Waals surface area contributed by atoms with Crippen LogP contribution in [0.4, 0.5) is 17.1 Å². The maximum absolute atomic E-state index is 5.47. The molecule has 7 rings (SSSR count). The van der Waals surface area contributed by atoms with Crippen LogP contribution in [0.1, 0.15) is 5.56 Å². The zero-order valence-corrected chi connectivity index (χ0v) is 22.0. The predicted molar refractivity (Wildman–Crippen MR) is 164 cm³/mol. The summed E-state index contributed by atoms with van der Waals surface area (Å²) in [4.78, 5) is 2.35. The van der Waals surface area contributed by atoms with Gasteiger partial charge in [-0.15, -0.1) is 0 Å². The maximum Gasteiger partial charge on any atom is 0.119 e. The van der Waals surface area contributed by atoms with Crippen LogP contribution in [0.3, 0.4) is 0 Å². The Morgan fingerprint density at radius 1 is 0.564 bits per heavy atom. The number of hydrogen-bond acceptors (Lipinski definition) is 2. The van der Waals surface area contributed by atoms with Gasteiger partial charge in [0.2, 0.25) is 0 Å². The lowest BCUT2D eigenvalue weighted by molar-refractivity contribution is 0.415. The normalized spacial score (nSPS) is 11.3. The first-order valence-electron chi connectivity index (χ1n) is 13.2. The molecule has 6 aromatic carbocycles. The SMILES string of the molecule is COc1ccc(N(c2ccc(C)cc2)c2cccc3c2c2ccccc2n3-c2cccc3ccccc23)cc1. The molecule has 0 bridgehead atoms. The van der Waals surface area contributed by atoms with Crippen LogP contribution in [0.5, 0.6) is 5.75 Å². The van der Waals surface area contributed by atoms with E-state index in [1.807, 2.05) is 12.1 Å². The molecule has 3 nitrogen and oxygen atoms in total. The van der Waals surface area contributed by atoms with E-state index in [1.165, 1.54) is 43.8 Å². The second-order valence-corrected chi connectivity index (χ2v) is 9.89. The van der Waals surface area contributed by atoms with Crippen LogP contribution in [-0.2, 0) is 0 Å². The fourth-order valence-corrected chi connectivity index (χ4v) is 5.70. The molecule has 0 aliphatic rings. The summed E-state index contributed by atoms with van der Waals surface area (Å²) in [6, 6.07) is 47.6. The maximum atomic E-state index is 5.47. The van der Waals surface area contributed by atoms with E-state index >= 15 is 0 Å². The quantitative estimate of drug-likeness (QED) is 0.232. The van der Waals surface area contributed by atoms with Crippen LogP contribution in [0.15, 0.2) is 133 Å². The van der Waals surface area contributed by atoms with Gasteiger partial charge >= 0.3 is 0 Å². The number of aryl methyl sites for hydroxylation is 1. The van der Waals surface area contributed by atoms with Crippen molar-refractivity contribution >= 4 is 49.6 Å². The van der Waals surface area contributed by atoms with Crippen molar-refractivity contribution in [1.29, 1.82) is 0 Å². The standard InChI is InChI=1S/C36H28N2O/c1-25-17-19-27(20-18-25)37(28-21-23-29(39-2)24-22-28)34-15-8-16-35-36(34)31-12-5-6-13-33(31)38(35)32-14-7-10-26-9-3-4-11-30(26)32/h3-24H,1-2H3. The van der Waals surface area contributed by atoms with E-state index in [-0.39, 0.29) is 0 Å². The number of benzene rings is 6. The summed E-state index contributed by atoms with van der Waals surface area (Å²) < 4.78 is 7.88. The van der Waals surface area contributed by atoms with E-state index in [4.69, 9.17) is 4.74 Å². The monoisotopic (exact) mass is 504 g/mol. The topological polar surface area (TPSA) is 17.4 Å². The Morgan fingerprint density at radius 2 is 1.18 bits per heavy atom. The van der Waals surface area contributed by atoms with Gasteiger partial charge in [-0.1, -0.05) is 78.4 Å². The van der Waals surface area contributed by atoms with Crippen molar-refractivity contribution in [2.75, 3.05) is 12.0 Å². The number of para-hydroxylation sites is 1. The number of nitrogens with zero attached hydrogens (tertiary/aromatic N) is 2.